The average molecular weight is 249 g/mol. The van der Waals surface area contributed by atoms with E-state index in [1.807, 2.05) is 0 Å². The van der Waals surface area contributed by atoms with Crippen LogP contribution in [0.1, 0.15) is 49.1 Å². The zero-order valence-electron chi connectivity index (χ0n) is 10.7. The second-order valence-corrected chi connectivity index (χ2v) is 4.59. The van der Waals surface area contributed by atoms with Gasteiger partial charge in [-0.1, -0.05) is 25.7 Å². The molecule has 0 radical (unpaired) electrons. The van der Waals surface area contributed by atoms with E-state index in [4.69, 9.17) is 0 Å². The number of hydrogen-bond acceptors (Lipinski definition) is 5. The molecule has 0 bridgehead atoms. The van der Waals surface area contributed by atoms with E-state index in [9.17, 15) is 4.79 Å². The monoisotopic (exact) mass is 249 g/mol. The van der Waals surface area contributed by atoms with Crippen LogP contribution in [0.3, 0.4) is 0 Å². The molecule has 1 saturated carbocycles. The Hall–Kier alpha value is -1.65. The van der Waals surface area contributed by atoms with Crippen LogP contribution in [0.5, 0.6) is 0 Å². The zero-order chi connectivity index (χ0) is 12.8. The Morgan fingerprint density at radius 1 is 1.33 bits per heavy atom. The fourth-order valence-electron chi connectivity index (χ4n) is 2.26. The summed E-state index contributed by atoms with van der Waals surface area (Å²) in [6.07, 6.45) is 9.05. The number of esters is 1. The summed E-state index contributed by atoms with van der Waals surface area (Å²) in [7, 11) is 1.33. The highest BCUT2D eigenvalue weighted by atomic mass is 16.5. The van der Waals surface area contributed by atoms with Crippen molar-refractivity contribution < 1.29 is 9.53 Å². The van der Waals surface area contributed by atoms with Crippen LogP contribution in [0.15, 0.2) is 12.3 Å². The largest absolute Gasteiger partial charge is 0.463 e. The Kier molecular flexibility index (Phi) is 4.50. The summed E-state index contributed by atoms with van der Waals surface area (Å²) in [5.41, 5.74) is 0. The van der Waals surface area contributed by atoms with E-state index in [0.717, 1.165) is 12.8 Å². The van der Waals surface area contributed by atoms with Gasteiger partial charge in [-0.3, -0.25) is 0 Å². The van der Waals surface area contributed by atoms with Crippen LogP contribution in [-0.2, 0) is 4.74 Å². The molecule has 0 spiro atoms. The summed E-state index contributed by atoms with van der Waals surface area (Å²) >= 11 is 0. The first-order valence-corrected chi connectivity index (χ1v) is 6.47. The van der Waals surface area contributed by atoms with Crippen LogP contribution in [-0.4, -0.2) is 29.1 Å². The van der Waals surface area contributed by atoms with Gasteiger partial charge in [0.25, 0.3) is 0 Å². The van der Waals surface area contributed by atoms with E-state index in [0.29, 0.717) is 11.9 Å². The van der Waals surface area contributed by atoms with Gasteiger partial charge in [0.15, 0.2) is 0 Å². The number of carbonyl (C=O) groups excluding carboxylic acids is 1. The fourth-order valence-corrected chi connectivity index (χ4v) is 2.26. The molecule has 18 heavy (non-hydrogen) atoms. The maximum absolute atomic E-state index is 11.3. The lowest BCUT2D eigenvalue weighted by Crippen LogP contribution is -2.20. The third-order valence-corrected chi connectivity index (χ3v) is 3.23. The Morgan fingerprint density at radius 2 is 2.06 bits per heavy atom. The first-order valence-electron chi connectivity index (χ1n) is 6.47. The molecule has 0 saturated heterocycles. The standard InChI is InChI=1S/C13H19N3O2/c1-18-13(17)12-14-9-8-11(16-12)15-10-6-4-2-3-5-7-10/h8-10H,2-7H2,1H3,(H,14,15,16). The lowest BCUT2D eigenvalue weighted by Gasteiger charge is -2.16. The van der Waals surface area contributed by atoms with Gasteiger partial charge in [0.2, 0.25) is 5.82 Å². The van der Waals surface area contributed by atoms with Crippen molar-refractivity contribution >= 4 is 11.8 Å². The molecular formula is C13H19N3O2. The number of carbonyl (C=O) groups is 1. The Balaban J connectivity index is 2.01. The van der Waals surface area contributed by atoms with Gasteiger partial charge in [-0.15, -0.1) is 0 Å². The minimum absolute atomic E-state index is 0.108. The summed E-state index contributed by atoms with van der Waals surface area (Å²) in [5, 5.41) is 3.38. The van der Waals surface area contributed by atoms with Crippen molar-refractivity contribution in [3.05, 3.63) is 18.1 Å². The molecule has 1 fully saturated rings. The molecule has 5 heteroatoms. The van der Waals surface area contributed by atoms with Crippen molar-refractivity contribution in [2.24, 2.45) is 0 Å². The maximum Gasteiger partial charge on any atom is 0.376 e. The lowest BCUT2D eigenvalue weighted by atomic mass is 10.1. The predicted molar refractivity (Wildman–Crippen MR) is 68.5 cm³/mol. The molecule has 1 N–H and O–H groups in total. The quantitative estimate of drug-likeness (QED) is 0.658. The van der Waals surface area contributed by atoms with E-state index >= 15 is 0 Å². The maximum atomic E-state index is 11.3. The minimum Gasteiger partial charge on any atom is -0.463 e. The number of rotatable bonds is 3. The minimum atomic E-state index is -0.500. The van der Waals surface area contributed by atoms with Gasteiger partial charge in [0, 0.05) is 12.2 Å². The first kappa shape index (κ1) is 12.8. The molecule has 1 aliphatic carbocycles. The lowest BCUT2D eigenvalue weighted by molar-refractivity contribution is 0.0587. The Bertz CT molecular complexity index is 401. The van der Waals surface area contributed by atoms with E-state index < -0.39 is 5.97 Å². The Labute approximate surface area is 107 Å². The smallest absolute Gasteiger partial charge is 0.376 e. The fraction of sp³-hybridized carbons (Fsp3) is 0.615. The summed E-state index contributed by atoms with van der Waals surface area (Å²) in [4.78, 5) is 19.4. The molecule has 0 aromatic carbocycles. The number of nitrogens with zero attached hydrogens (tertiary/aromatic N) is 2. The van der Waals surface area contributed by atoms with E-state index in [1.54, 1.807) is 12.3 Å². The molecule has 1 aliphatic rings. The van der Waals surface area contributed by atoms with Crippen LogP contribution < -0.4 is 5.32 Å². The SMILES string of the molecule is COC(=O)c1nccc(NC2CCCCCC2)n1. The predicted octanol–water partition coefficient (Wildman–Crippen LogP) is 2.40. The second kappa shape index (κ2) is 6.33. The third-order valence-electron chi connectivity index (χ3n) is 3.23. The Morgan fingerprint density at radius 3 is 2.72 bits per heavy atom. The normalized spacial score (nSPS) is 16.9. The van der Waals surface area contributed by atoms with Gasteiger partial charge >= 0.3 is 5.97 Å². The number of hydrogen-bond donors (Lipinski definition) is 1. The number of methoxy groups -OCH3 is 1. The highest BCUT2D eigenvalue weighted by Gasteiger charge is 2.14. The second-order valence-electron chi connectivity index (χ2n) is 4.59. The molecule has 1 aromatic heterocycles. The van der Waals surface area contributed by atoms with Crippen molar-refractivity contribution in [1.82, 2.24) is 9.97 Å². The summed E-state index contributed by atoms with van der Waals surface area (Å²) in [6.45, 7) is 0. The van der Waals surface area contributed by atoms with Crippen molar-refractivity contribution in [3.8, 4) is 0 Å². The first-order chi connectivity index (χ1) is 8.79. The summed E-state index contributed by atoms with van der Waals surface area (Å²) in [6, 6.07) is 2.24. The van der Waals surface area contributed by atoms with Gasteiger partial charge in [-0.2, -0.15) is 0 Å². The molecule has 0 unspecified atom stereocenters. The topological polar surface area (TPSA) is 64.1 Å². The molecular weight excluding hydrogens is 230 g/mol. The third kappa shape index (κ3) is 3.42. The zero-order valence-corrected chi connectivity index (χ0v) is 10.7. The number of nitrogens with one attached hydrogen (secondary N) is 1. The molecule has 0 atom stereocenters. The van der Waals surface area contributed by atoms with Crippen molar-refractivity contribution in [1.29, 1.82) is 0 Å². The van der Waals surface area contributed by atoms with E-state index in [1.165, 1.54) is 32.8 Å². The molecule has 98 valence electrons. The van der Waals surface area contributed by atoms with Gasteiger partial charge in [-0.05, 0) is 18.9 Å². The van der Waals surface area contributed by atoms with Crippen molar-refractivity contribution in [2.45, 2.75) is 44.6 Å². The summed E-state index contributed by atoms with van der Waals surface area (Å²) < 4.78 is 4.61. The van der Waals surface area contributed by atoms with Gasteiger partial charge < -0.3 is 10.1 Å². The van der Waals surface area contributed by atoms with Crippen LogP contribution >= 0.6 is 0 Å². The average Bonchev–Trinajstić information content (AvgIpc) is 2.67. The van der Waals surface area contributed by atoms with Crippen molar-refractivity contribution in [2.75, 3.05) is 12.4 Å². The van der Waals surface area contributed by atoms with Crippen LogP contribution in [0.4, 0.5) is 5.82 Å². The molecule has 0 aliphatic heterocycles. The van der Waals surface area contributed by atoms with Crippen LogP contribution in [0.2, 0.25) is 0 Å². The molecule has 5 nitrogen and oxygen atoms in total. The van der Waals surface area contributed by atoms with Gasteiger partial charge in [0.1, 0.15) is 5.82 Å². The molecule has 2 rings (SSSR count). The molecule has 1 aromatic rings. The van der Waals surface area contributed by atoms with Crippen LogP contribution in [0.25, 0.3) is 0 Å². The molecule has 1 heterocycles. The number of ether oxygens (including phenoxy) is 1. The van der Waals surface area contributed by atoms with E-state index in [2.05, 4.69) is 20.0 Å². The summed E-state index contributed by atoms with van der Waals surface area (Å²) in [5.74, 6) is 0.313. The number of anilines is 1. The van der Waals surface area contributed by atoms with Crippen molar-refractivity contribution in [3.63, 3.8) is 0 Å². The molecule has 0 amide bonds. The van der Waals surface area contributed by atoms with Gasteiger partial charge in [-0.25, -0.2) is 14.8 Å². The highest BCUT2D eigenvalue weighted by molar-refractivity contribution is 5.85. The highest BCUT2D eigenvalue weighted by Crippen LogP contribution is 2.20. The van der Waals surface area contributed by atoms with Crippen LogP contribution in [0, 0.1) is 0 Å². The van der Waals surface area contributed by atoms with Gasteiger partial charge in [0.05, 0.1) is 7.11 Å². The van der Waals surface area contributed by atoms with E-state index in [-0.39, 0.29) is 5.82 Å². The number of aromatic nitrogens is 2.